The average Bonchev–Trinajstić information content (AvgIpc) is 3.22. The van der Waals surface area contributed by atoms with Crippen LogP contribution < -0.4 is 20.7 Å². The zero-order valence-electron chi connectivity index (χ0n) is 22.3. The quantitative estimate of drug-likeness (QED) is 0.533. The molecule has 3 N–H and O–H groups in total. The first kappa shape index (κ1) is 27.4. The van der Waals surface area contributed by atoms with Gasteiger partial charge in [0.1, 0.15) is 5.75 Å². The molecule has 4 rings (SSSR count). The number of hydrogen-bond acceptors (Lipinski definition) is 6. The normalized spacial score (nSPS) is 20.1. The number of rotatable bonds is 3. The molecule has 0 bridgehead atoms. The molecule has 10 heteroatoms. The first-order valence-corrected chi connectivity index (χ1v) is 13.3. The van der Waals surface area contributed by atoms with Gasteiger partial charge < -0.3 is 20.7 Å². The van der Waals surface area contributed by atoms with Crippen molar-refractivity contribution in [3.05, 3.63) is 53.7 Å². The summed E-state index contributed by atoms with van der Waals surface area (Å²) < 4.78 is 7.60. The molecule has 204 valence electrons. The number of para-hydroxylation sites is 1. The van der Waals surface area contributed by atoms with E-state index in [4.69, 9.17) is 4.74 Å². The first-order chi connectivity index (χ1) is 18.4. The summed E-state index contributed by atoms with van der Waals surface area (Å²) in [6, 6.07) is 9.08. The molecule has 2 aliphatic rings. The van der Waals surface area contributed by atoms with E-state index in [9.17, 15) is 14.4 Å². The van der Waals surface area contributed by atoms with Gasteiger partial charge in [0.25, 0.3) is 5.91 Å². The van der Waals surface area contributed by atoms with Gasteiger partial charge in [-0.25, -0.2) is 0 Å². The predicted molar refractivity (Wildman–Crippen MR) is 145 cm³/mol. The highest BCUT2D eigenvalue weighted by molar-refractivity contribution is 5.96. The Bertz CT molecular complexity index is 1150. The third-order valence-electron chi connectivity index (χ3n) is 7.32. The summed E-state index contributed by atoms with van der Waals surface area (Å²) in [5, 5.41) is 13.2. The monoisotopic (exact) mass is 522 g/mol. The van der Waals surface area contributed by atoms with Crippen LogP contribution in [0.4, 0.5) is 5.82 Å². The second kappa shape index (κ2) is 12.7. The van der Waals surface area contributed by atoms with E-state index >= 15 is 0 Å². The van der Waals surface area contributed by atoms with Gasteiger partial charge in [-0.1, -0.05) is 24.3 Å². The third-order valence-corrected chi connectivity index (χ3v) is 7.32. The Balaban J connectivity index is 1.35. The standard InChI is InChI=1S/C28H38N6O4/c1-21-19-24(32-33(21)2)31-25(35)20-34-16-12-28(13-17-34)11-6-3-7-18-38-23-10-5-4-9-22(23)26(36)29-14-8-15-30-27(28)37/h3-6,9-10,19H,7-8,11-18,20H2,1-2H3,(H,29,36)(H,30,37)(H,31,32,35)/b6-3-. The third kappa shape index (κ3) is 7.00. The second-order valence-corrected chi connectivity index (χ2v) is 10.1. The Morgan fingerprint density at radius 3 is 2.66 bits per heavy atom. The molecule has 1 aromatic carbocycles. The maximum absolute atomic E-state index is 13.4. The number of aromatic nitrogens is 2. The van der Waals surface area contributed by atoms with E-state index in [0.29, 0.717) is 82.0 Å². The van der Waals surface area contributed by atoms with E-state index < -0.39 is 5.41 Å². The van der Waals surface area contributed by atoms with Crippen molar-refractivity contribution in [2.75, 3.05) is 44.6 Å². The summed E-state index contributed by atoms with van der Waals surface area (Å²) >= 11 is 0. The molecule has 1 fully saturated rings. The molecule has 1 saturated heterocycles. The maximum Gasteiger partial charge on any atom is 0.255 e. The molecule has 0 radical (unpaired) electrons. The van der Waals surface area contributed by atoms with Gasteiger partial charge in [0, 0.05) is 31.9 Å². The summed E-state index contributed by atoms with van der Waals surface area (Å²) in [5.74, 6) is 0.875. The molecule has 0 saturated carbocycles. The van der Waals surface area contributed by atoms with Gasteiger partial charge in [0.05, 0.1) is 24.1 Å². The number of aryl methyl sites for hydroxylation is 2. The van der Waals surface area contributed by atoms with Crippen molar-refractivity contribution in [2.24, 2.45) is 12.5 Å². The Morgan fingerprint density at radius 2 is 1.89 bits per heavy atom. The van der Waals surface area contributed by atoms with E-state index in [2.05, 4.69) is 32.0 Å². The molecule has 2 aliphatic heterocycles. The second-order valence-electron chi connectivity index (χ2n) is 10.1. The van der Waals surface area contributed by atoms with Crippen LogP contribution in [0.25, 0.3) is 0 Å². The number of hydrogen-bond donors (Lipinski definition) is 3. The molecular formula is C28H38N6O4. The minimum absolute atomic E-state index is 0.0372. The number of ether oxygens (including phenoxy) is 1. The molecule has 1 spiro atoms. The molecule has 0 unspecified atom stereocenters. The number of carbonyl (C=O) groups excluding carboxylic acids is 3. The zero-order chi connectivity index (χ0) is 27.0. The summed E-state index contributed by atoms with van der Waals surface area (Å²) in [6.45, 7) is 4.90. The SMILES string of the molecule is Cc1cc(NC(=O)CN2CCC3(C/C=C\CCOc4ccccc4C(=O)NCCCNC3=O)CC2)nn1C. The number of benzene rings is 1. The fraction of sp³-hybridized carbons (Fsp3) is 0.500. The Hall–Kier alpha value is -3.66. The molecule has 10 nitrogen and oxygen atoms in total. The summed E-state index contributed by atoms with van der Waals surface area (Å²) in [5.41, 5.74) is 0.968. The van der Waals surface area contributed by atoms with Gasteiger partial charge in [0.15, 0.2) is 5.82 Å². The Kier molecular flexibility index (Phi) is 9.17. The van der Waals surface area contributed by atoms with Crippen molar-refractivity contribution in [1.29, 1.82) is 0 Å². The van der Waals surface area contributed by atoms with Crippen molar-refractivity contribution in [3.8, 4) is 5.75 Å². The van der Waals surface area contributed by atoms with Crippen LogP contribution in [-0.4, -0.2) is 71.7 Å². The summed E-state index contributed by atoms with van der Waals surface area (Å²) in [4.78, 5) is 40.6. The average molecular weight is 523 g/mol. The highest BCUT2D eigenvalue weighted by Crippen LogP contribution is 2.36. The van der Waals surface area contributed by atoms with Crippen LogP contribution in [0.5, 0.6) is 5.75 Å². The minimum atomic E-state index is -0.519. The molecule has 3 amide bonds. The summed E-state index contributed by atoms with van der Waals surface area (Å²) in [7, 11) is 1.84. The maximum atomic E-state index is 13.4. The van der Waals surface area contributed by atoms with Crippen LogP contribution >= 0.6 is 0 Å². The molecule has 0 aliphatic carbocycles. The van der Waals surface area contributed by atoms with Crippen molar-refractivity contribution >= 4 is 23.5 Å². The highest BCUT2D eigenvalue weighted by Gasteiger charge is 2.40. The number of piperidine rings is 1. The Morgan fingerprint density at radius 1 is 1.13 bits per heavy atom. The van der Waals surface area contributed by atoms with Crippen molar-refractivity contribution in [1.82, 2.24) is 25.3 Å². The number of nitrogens with one attached hydrogen (secondary N) is 3. The minimum Gasteiger partial charge on any atom is -0.492 e. The number of fused-ring (bicyclic) bond motifs is 1. The van der Waals surface area contributed by atoms with Gasteiger partial charge in [-0.05, 0) is 64.3 Å². The van der Waals surface area contributed by atoms with E-state index in [1.807, 2.05) is 44.3 Å². The van der Waals surface area contributed by atoms with E-state index in [0.717, 1.165) is 5.69 Å². The van der Waals surface area contributed by atoms with E-state index in [-0.39, 0.29) is 24.3 Å². The lowest BCUT2D eigenvalue weighted by molar-refractivity contribution is -0.134. The predicted octanol–water partition coefficient (Wildman–Crippen LogP) is 2.41. The van der Waals surface area contributed by atoms with Crippen LogP contribution in [0.1, 0.15) is 48.2 Å². The smallest absolute Gasteiger partial charge is 0.255 e. The van der Waals surface area contributed by atoms with Crippen molar-refractivity contribution in [2.45, 2.75) is 39.0 Å². The number of anilines is 1. The summed E-state index contributed by atoms with van der Waals surface area (Å²) in [6.07, 6.45) is 7.38. The van der Waals surface area contributed by atoms with Gasteiger partial charge in [0.2, 0.25) is 11.8 Å². The molecular weight excluding hydrogens is 484 g/mol. The van der Waals surface area contributed by atoms with Crippen LogP contribution in [-0.2, 0) is 16.6 Å². The first-order valence-electron chi connectivity index (χ1n) is 13.3. The number of nitrogens with zero attached hydrogens (tertiary/aromatic N) is 3. The molecule has 38 heavy (non-hydrogen) atoms. The van der Waals surface area contributed by atoms with Crippen molar-refractivity contribution in [3.63, 3.8) is 0 Å². The Labute approximate surface area is 223 Å². The molecule has 1 aromatic heterocycles. The highest BCUT2D eigenvalue weighted by atomic mass is 16.5. The van der Waals surface area contributed by atoms with E-state index in [1.54, 1.807) is 10.7 Å². The molecule has 3 heterocycles. The number of amides is 3. The van der Waals surface area contributed by atoms with Gasteiger partial charge >= 0.3 is 0 Å². The largest absolute Gasteiger partial charge is 0.492 e. The van der Waals surface area contributed by atoms with Crippen LogP contribution in [0.3, 0.4) is 0 Å². The van der Waals surface area contributed by atoms with E-state index in [1.165, 1.54) is 0 Å². The molecule has 0 atom stereocenters. The number of allylic oxidation sites excluding steroid dienone is 1. The lowest BCUT2D eigenvalue weighted by Crippen LogP contribution is -2.50. The van der Waals surface area contributed by atoms with Gasteiger partial charge in [-0.3, -0.25) is 24.0 Å². The lowest BCUT2D eigenvalue weighted by atomic mass is 9.74. The number of carbonyl (C=O) groups is 3. The van der Waals surface area contributed by atoms with Gasteiger partial charge in [-0.15, -0.1) is 0 Å². The lowest BCUT2D eigenvalue weighted by Gasteiger charge is -2.40. The fourth-order valence-electron chi connectivity index (χ4n) is 4.89. The molecule has 2 aromatic rings. The van der Waals surface area contributed by atoms with Gasteiger partial charge in [-0.2, -0.15) is 5.10 Å². The number of likely N-dealkylation sites (tertiary alicyclic amines) is 1. The van der Waals surface area contributed by atoms with Crippen LogP contribution in [0.2, 0.25) is 0 Å². The zero-order valence-corrected chi connectivity index (χ0v) is 22.3. The van der Waals surface area contributed by atoms with Crippen LogP contribution in [0, 0.1) is 12.3 Å². The van der Waals surface area contributed by atoms with Crippen LogP contribution in [0.15, 0.2) is 42.5 Å². The van der Waals surface area contributed by atoms with Crippen molar-refractivity contribution < 1.29 is 19.1 Å². The topological polar surface area (TPSA) is 118 Å². The fourth-order valence-corrected chi connectivity index (χ4v) is 4.89.